The number of carbonyl (C=O) groups is 2. The predicted octanol–water partition coefficient (Wildman–Crippen LogP) is 0.743. The summed E-state index contributed by atoms with van der Waals surface area (Å²) in [5, 5.41) is 9.00. The first kappa shape index (κ1) is 14.6. The highest BCUT2D eigenvalue weighted by molar-refractivity contribution is 8.00. The Balaban J connectivity index is 3.13. The average Bonchev–Trinajstić information content (AvgIpc) is 2.13. The summed E-state index contributed by atoms with van der Waals surface area (Å²) in [6.45, 7) is 3.80. The summed E-state index contributed by atoms with van der Waals surface area (Å²) >= 11 is 0.906. The average molecular weight is 278 g/mol. The number of carbonyl (C=O) groups excluding carboxylic acids is 2. The van der Waals surface area contributed by atoms with Crippen LogP contribution in [0.2, 0.25) is 0 Å². The molecule has 0 radical (unpaired) electrons. The number of hydrazine groups is 1. The van der Waals surface area contributed by atoms with Crippen molar-refractivity contribution >= 4 is 23.7 Å². The van der Waals surface area contributed by atoms with Gasteiger partial charge in [0.15, 0.2) is 5.03 Å². The first-order chi connectivity index (χ1) is 8.28. The van der Waals surface area contributed by atoms with Crippen molar-refractivity contribution in [1.82, 2.24) is 5.01 Å². The molecule has 8 nitrogen and oxygen atoms in total. The third-order valence-corrected chi connectivity index (χ3v) is 3.40. The van der Waals surface area contributed by atoms with Gasteiger partial charge in [0.25, 0.3) is 0 Å². The molecule has 1 aliphatic rings. The Hall–Kier alpha value is -1.51. The van der Waals surface area contributed by atoms with E-state index in [2.05, 4.69) is 0 Å². The Morgan fingerprint density at radius 1 is 1.39 bits per heavy atom. The number of nitro groups is 1. The molecule has 1 fully saturated rings. The van der Waals surface area contributed by atoms with E-state index in [1.54, 1.807) is 6.92 Å². The van der Waals surface area contributed by atoms with Gasteiger partial charge in [-0.05, 0) is 30.1 Å². The molecule has 0 spiro atoms. The lowest BCUT2D eigenvalue weighted by Crippen LogP contribution is -2.60. The Morgan fingerprint density at radius 3 is 2.28 bits per heavy atom. The first-order valence-corrected chi connectivity index (χ1v) is 6.24. The van der Waals surface area contributed by atoms with Crippen LogP contribution in [0.15, 0.2) is 0 Å². The van der Waals surface area contributed by atoms with Crippen LogP contribution in [0.4, 0.5) is 0 Å². The Labute approximate surface area is 108 Å². The van der Waals surface area contributed by atoms with Crippen LogP contribution in [0, 0.1) is 10.1 Å². The topological polar surface area (TPSA) is 99.0 Å². The predicted molar refractivity (Wildman–Crippen MR) is 61.6 cm³/mol. The number of esters is 2. The Bertz CT molecular complexity index is 358. The Morgan fingerprint density at radius 2 is 1.89 bits per heavy atom. The zero-order chi connectivity index (χ0) is 13.9. The zero-order valence-electron chi connectivity index (χ0n) is 10.2. The lowest BCUT2D eigenvalue weighted by molar-refractivity contribution is -0.701. The molecule has 0 aromatic carbocycles. The van der Waals surface area contributed by atoms with E-state index < -0.39 is 28.3 Å². The molecule has 0 bridgehead atoms. The van der Waals surface area contributed by atoms with Gasteiger partial charge < -0.3 is 9.47 Å². The van der Waals surface area contributed by atoms with Crippen LogP contribution in [0.3, 0.4) is 0 Å². The maximum absolute atomic E-state index is 11.1. The fourth-order valence-corrected chi connectivity index (χ4v) is 3.06. The number of hydrogen-bond acceptors (Lipinski definition) is 7. The van der Waals surface area contributed by atoms with E-state index in [0.717, 1.165) is 25.6 Å². The summed E-state index contributed by atoms with van der Waals surface area (Å²) in [7, 11) is 0. The highest BCUT2D eigenvalue weighted by Crippen LogP contribution is 2.39. The first-order valence-electron chi connectivity index (χ1n) is 5.25. The summed E-state index contributed by atoms with van der Waals surface area (Å²) in [4.78, 5) is 33.3. The number of hydrogen-bond donors (Lipinski definition) is 0. The minimum Gasteiger partial charge on any atom is -0.391 e. The Kier molecular flexibility index (Phi) is 4.38. The van der Waals surface area contributed by atoms with Crippen molar-refractivity contribution in [3.63, 3.8) is 0 Å². The van der Waals surface area contributed by atoms with Gasteiger partial charge in [-0.1, -0.05) is 0 Å². The van der Waals surface area contributed by atoms with Crippen molar-refractivity contribution in [2.45, 2.75) is 38.5 Å². The molecule has 1 rings (SSSR count). The number of ether oxygens (including phenoxy) is 2. The lowest BCUT2D eigenvalue weighted by atomic mass is 10.2. The van der Waals surface area contributed by atoms with Gasteiger partial charge in [-0.2, -0.15) is 0 Å². The van der Waals surface area contributed by atoms with E-state index in [4.69, 9.17) is 9.47 Å². The molecule has 1 atom stereocenters. The van der Waals surface area contributed by atoms with Crippen molar-refractivity contribution < 1.29 is 24.1 Å². The van der Waals surface area contributed by atoms with E-state index in [0.29, 0.717) is 17.2 Å². The highest BCUT2D eigenvalue weighted by atomic mass is 32.2. The summed E-state index contributed by atoms with van der Waals surface area (Å²) in [5.74, 6) is -1.04. The minimum absolute atomic E-state index is 0.478. The van der Waals surface area contributed by atoms with E-state index in [-0.39, 0.29) is 0 Å². The van der Waals surface area contributed by atoms with E-state index in [1.165, 1.54) is 0 Å². The smallest absolute Gasteiger partial charge is 0.391 e. The number of rotatable bonds is 3. The maximum atomic E-state index is 11.1. The van der Waals surface area contributed by atoms with Gasteiger partial charge in [-0.25, -0.2) is 10.1 Å². The lowest BCUT2D eigenvalue weighted by Gasteiger charge is -2.39. The standard InChI is InChI=1S/C9H14N2O6S/c1-6-4-5-18-9(16-7(2)12,17-8(3)13)10(6)11(14)15/h6H,4-5H2,1-3H3. The van der Waals surface area contributed by atoms with Crippen molar-refractivity contribution in [2.75, 3.05) is 5.75 Å². The molecule has 18 heavy (non-hydrogen) atoms. The van der Waals surface area contributed by atoms with Crippen LogP contribution >= 0.6 is 11.8 Å². The molecule has 0 aliphatic carbocycles. The van der Waals surface area contributed by atoms with Crippen LogP contribution in [0.25, 0.3) is 0 Å². The third-order valence-electron chi connectivity index (χ3n) is 2.24. The van der Waals surface area contributed by atoms with Crippen LogP contribution in [0.5, 0.6) is 0 Å². The van der Waals surface area contributed by atoms with E-state index >= 15 is 0 Å². The molecule has 0 N–H and O–H groups in total. The van der Waals surface area contributed by atoms with Gasteiger partial charge in [0.2, 0.25) is 0 Å². The van der Waals surface area contributed by atoms with Gasteiger partial charge >= 0.3 is 17.2 Å². The SMILES string of the molecule is CC(=O)OC1(OC(C)=O)SCCC(C)N1[N+](=O)[O-]. The molecule has 1 aliphatic heterocycles. The number of thioether (sulfide) groups is 1. The third kappa shape index (κ3) is 3.03. The molecule has 0 amide bonds. The van der Waals surface area contributed by atoms with Gasteiger partial charge in [-0.3, -0.25) is 9.59 Å². The highest BCUT2D eigenvalue weighted by Gasteiger charge is 2.56. The van der Waals surface area contributed by atoms with Crippen LogP contribution in [0.1, 0.15) is 27.2 Å². The second kappa shape index (κ2) is 5.42. The van der Waals surface area contributed by atoms with Gasteiger partial charge in [0, 0.05) is 19.6 Å². The molecule has 9 heteroatoms. The molecule has 102 valence electrons. The van der Waals surface area contributed by atoms with Crippen LogP contribution < -0.4 is 0 Å². The van der Waals surface area contributed by atoms with E-state index in [1.807, 2.05) is 0 Å². The summed E-state index contributed by atoms with van der Waals surface area (Å²) in [5.41, 5.74) is 0. The molecule has 1 saturated heterocycles. The van der Waals surface area contributed by atoms with Gasteiger partial charge in [0.1, 0.15) is 0 Å². The summed E-state index contributed by atoms with van der Waals surface area (Å²) in [6, 6.07) is -0.514. The van der Waals surface area contributed by atoms with Crippen molar-refractivity contribution in [2.24, 2.45) is 0 Å². The van der Waals surface area contributed by atoms with Crippen molar-refractivity contribution in [1.29, 1.82) is 0 Å². The molecule has 0 aromatic heterocycles. The van der Waals surface area contributed by atoms with Crippen molar-refractivity contribution in [3.05, 3.63) is 10.1 Å². The molecule has 1 heterocycles. The van der Waals surface area contributed by atoms with Gasteiger partial charge in [-0.15, -0.1) is 0 Å². The quantitative estimate of drug-likeness (QED) is 0.322. The number of nitrogens with zero attached hydrogens (tertiary/aromatic N) is 2. The fraction of sp³-hybridized carbons (Fsp3) is 0.778. The molecule has 0 aromatic rings. The van der Waals surface area contributed by atoms with Crippen LogP contribution in [-0.2, 0) is 19.1 Å². The fourth-order valence-electron chi connectivity index (χ4n) is 1.61. The zero-order valence-corrected chi connectivity index (χ0v) is 11.1. The van der Waals surface area contributed by atoms with Gasteiger partial charge in [0.05, 0.1) is 6.04 Å². The second-order valence-corrected chi connectivity index (χ2v) is 4.99. The second-order valence-electron chi connectivity index (χ2n) is 3.78. The molecular formula is C9H14N2O6S. The molecular weight excluding hydrogens is 264 g/mol. The molecule has 0 saturated carbocycles. The van der Waals surface area contributed by atoms with Crippen molar-refractivity contribution in [3.8, 4) is 0 Å². The largest absolute Gasteiger partial charge is 0.448 e. The monoisotopic (exact) mass is 278 g/mol. The molecule has 1 unspecified atom stereocenters. The summed E-state index contributed by atoms with van der Waals surface area (Å²) < 4.78 is 9.80. The minimum atomic E-state index is -2.02. The van der Waals surface area contributed by atoms with E-state index in [9.17, 15) is 19.7 Å². The maximum Gasteiger partial charge on any atom is 0.448 e. The summed E-state index contributed by atoms with van der Waals surface area (Å²) in [6.07, 6.45) is 0.524. The normalized spacial score (nSPS) is 22.2. The van der Waals surface area contributed by atoms with Crippen LogP contribution in [-0.4, -0.2) is 39.0 Å².